The molecule has 2 aromatic rings. The smallest absolute Gasteiger partial charge is 0.325 e. The average molecular weight is 400 g/mol. The molecule has 4 nitrogen and oxygen atoms in total. The van der Waals surface area contributed by atoms with E-state index in [4.69, 9.17) is 0 Å². The second-order valence-corrected chi connectivity index (χ2v) is 6.91. The number of rotatable bonds is 6. The zero-order valence-corrected chi connectivity index (χ0v) is 15.0. The molecule has 2 aromatic carbocycles. The van der Waals surface area contributed by atoms with Crippen LogP contribution in [0.25, 0.3) is 0 Å². The van der Waals surface area contributed by atoms with Crippen LogP contribution in [0.4, 0.5) is 28.9 Å². The summed E-state index contributed by atoms with van der Waals surface area (Å²) in [5, 5.41) is 4.29. The number of anilines is 2. The second-order valence-electron chi connectivity index (χ2n) is 5.58. The van der Waals surface area contributed by atoms with Crippen LogP contribution >= 0.6 is 11.8 Å². The van der Waals surface area contributed by atoms with E-state index >= 15 is 0 Å². The van der Waals surface area contributed by atoms with E-state index in [-0.39, 0.29) is 17.3 Å². The van der Waals surface area contributed by atoms with Crippen molar-refractivity contribution in [3.63, 3.8) is 0 Å². The Balaban J connectivity index is 1.85. The van der Waals surface area contributed by atoms with E-state index in [2.05, 4.69) is 10.6 Å². The molecule has 0 saturated carbocycles. The van der Waals surface area contributed by atoms with Crippen LogP contribution in [-0.2, 0) is 15.8 Å². The fourth-order valence-electron chi connectivity index (χ4n) is 2.02. The fourth-order valence-corrected chi connectivity index (χ4v) is 2.71. The number of nitrogens with one attached hydrogen (secondary N) is 2. The Morgan fingerprint density at radius 2 is 1.70 bits per heavy atom. The van der Waals surface area contributed by atoms with Gasteiger partial charge in [-0.25, -0.2) is 4.39 Å². The zero-order chi connectivity index (χ0) is 20.0. The Morgan fingerprint density at radius 1 is 1.04 bits per heavy atom. The number of alkyl halides is 3. The van der Waals surface area contributed by atoms with Gasteiger partial charge in [-0.2, -0.15) is 13.2 Å². The lowest BCUT2D eigenvalue weighted by atomic mass is 10.2. The number of carbonyl (C=O) groups excluding carboxylic acids is 2. The van der Waals surface area contributed by atoms with Crippen LogP contribution in [0.2, 0.25) is 0 Å². The molecule has 0 bridgehead atoms. The molecule has 0 fully saturated rings. The Hall–Kier alpha value is -2.55. The Morgan fingerprint density at radius 3 is 2.33 bits per heavy atom. The van der Waals surface area contributed by atoms with E-state index in [9.17, 15) is 27.2 Å². The van der Waals surface area contributed by atoms with Crippen molar-refractivity contribution in [2.45, 2.75) is 18.3 Å². The molecule has 1 atom stereocenters. The van der Waals surface area contributed by atoms with Gasteiger partial charge in [0.25, 0.3) is 0 Å². The highest BCUT2D eigenvalue weighted by Crippen LogP contribution is 2.30. The zero-order valence-electron chi connectivity index (χ0n) is 14.1. The number of carbonyl (C=O) groups is 2. The molecular weight excluding hydrogens is 384 g/mol. The maximum absolute atomic E-state index is 12.8. The van der Waals surface area contributed by atoms with Gasteiger partial charge in [0, 0.05) is 11.4 Å². The summed E-state index contributed by atoms with van der Waals surface area (Å²) in [5.41, 5.74) is -0.416. The fraction of sp³-hybridized carbons (Fsp3) is 0.222. The predicted molar refractivity (Wildman–Crippen MR) is 97.0 cm³/mol. The van der Waals surface area contributed by atoms with Crippen molar-refractivity contribution >= 4 is 35.0 Å². The van der Waals surface area contributed by atoms with Gasteiger partial charge in [-0.3, -0.25) is 9.59 Å². The van der Waals surface area contributed by atoms with Gasteiger partial charge in [-0.1, -0.05) is 6.07 Å². The van der Waals surface area contributed by atoms with Crippen LogP contribution < -0.4 is 10.6 Å². The van der Waals surface area contributed by atoms with Gasteiger partial charge in [0.05, 0.1) is 16.6 Å². The molecular formula is C18H16F4N2O2S. The first-order chi connectivity index (χ1) is 12.6. The van der Waals surface area contributed by atoms with Crippen LogP contribution in [0.5, 0.6) is 0 Å². The molecule has 144 valence electrons. The van der Waals surface area contributed by atoms with E-state index in [1.807, 2.05) is 0 Å². The third kappa shape index (κ3) is 6.59. The van der Waals surface area contributed by atoms with Crippen LogP contribution in [0.1, 0.15) is 12.5 Å². The quantitative estimate of drug-likeness (QED) is 0.700. The van der Waals surface area contributed by atoms with Crippen molar-refractivity contribution in [3.8, 4) is 0 Å². The van der Waals surface area contributed by atoms with Gasteiger partial charge in [-0.05, 0) is 49.4 Å². The maximum atomic E-state index is 12.8. The van der Waals surface area contributed by atoms with Crippen molar-refractivity contribution in [1.29, 1.82) is 0 Å². The molecule has 0 aliphatic heterocycles. The van der Waals surface area contributed by atoms with Crippen molar-refractivity contribution in [3.05, 3.63) is 59.9 Å². The second kappa shape index (κ2) is 8.90. The summed E-state index contributed by atoms with van der Waals surface area (Å²) >= 11 is 1.02. The summed E-state index contributed by atoms with van der Waals surface area (Å²) in [4.78, 5) is 24.0. The van der Waals surface area contributed by atoms with Gasteiger partial charge in [0.2, 0.25) is 11.8 Å². The number of benzene rings is 2. The van der Waals surface area contributed by atoms with Crippen molar-refractivity contribution in [2.75, 3.05) is 16.4 Å². The summed E-state index contributed by atoms with van der Waals surface area (Å²) < 4.78 is 50.9. The molecule has 0 spiro atoms. The highest BCUT2D eigenvalue weighted by Gasteiger charge is 2.30. The first-order valence-corrected chi connectivity index (χ1v) is 8.85. The normalized spacial score (nSPS) is 12.3. The molecule has 2 amide bonds. The molecule has 0 unspecified atom stereocenters. The van der Waals surface area contributed by atoms with Crippen molar-refractivity contribution < 1.29 is 27.2 Å². The molecule has 0 aliphatic rings. The number of amides is 2. The standard InChI is InChI=1S/C18H16F4N2O2S/c1-11(27-10-16(25)23-14-7-5-13(19)6-8-14)17(26)24-15-4-2-3-12(9-15)18(20,21)22/h2-9,11H,10H2,1H3,(H,23,25)(H,24,26)/t11-/m1/s1. The molecule has 2 rings (SSSR count). The molecule has 27 heavy (non-hydrogen) atoms. The lowest BCUT2D eigenvalue weighted by Crippen LogP contribution is -2.25. The third-order valence-corrected chi connectivity index (χ3v) is 4.56. The largest absolute Gasteiger partial charge is 0.416 e. The lowest BCUT2D eigenvalue weighted by molar-refractivity contribution is -0.137. The Kier molecular flexibility index (Phi) is 6.84. The Labute approximate surface area is 157 Å². The van der Waals surface area contributed by atoms with E-state index < -0.39 is 28.7 Å². The minimum absolute atomic E-state index is 0.0260. The van der Waals surface area contributed by atoms with E-state index in [0.717, 1.165) is 23.9 Å². The predicted octanol–water partition coefficient (Wildman–Crippen LogP) is 4.54. The number of thioether (sulfide) groups is 1. The highest BCUT2D eigenvalue weighted by atomic mass is 32.2. The third-order valence-electron chi connectivity index (χ3n) is 3.42. The summed E-state index contributed by atoms with van der Waals surface area (Å²) in [7, 11) is 0. The summed E-state index contributed by atoms with van der Waals surface area (Å²) in [5.74, 6) is -1.38. The van der Waals surface area contributed by atoms with Crippen molar-refractivity contribution in [1.82, 2.24) is 0 Å². The molecule has 0 aromatic heterocycles. The van der Waals surface area contributed by atoms with Crippen LogP contribution in [0, 0.1) is 5.82 Å². The van der Waals surface area contributed by atoms with Crippen LogP contribution in [0.15, 0.2) is 48.5 Å². The van der Waals surface area contributed by atoms with Gasteiger partial charge in [-0.15, -0.1) is 11.8 Å². The maximum Gasteiger partial charge on any atom is 0.416 e. The number of hydrogen-bond acceptors (Lipinski definition) is 3. The Bertz CT molecular complexity index is 810. The van der Waals surface area contributed by atoms with Gasteiger partial charge < -0.3 is 10.6 Å². The minimum atomic E-state index is -4.50. The lowest BCUT2D eigenvalue weighted by Gasteiger charge is -2.13. The minimum Gasteiger partial charge on any atom is -0.325 e. The average Bonchev–Trinajstić information content (AvgIpc) is 2.61. The van der Waals surface area contributed by atoms with Gasteiger partial charge in [0.15, 0.2) is 0 Å². The SMILES string of the molecule is C[C@@H](SCC(=O)Nc1ccc(F)cc1)C(=O)Nc1cccc(C(F)(F)F)c1. The molecule has 9 heteroatoms. The molecule has 2 N–H and O–H groups in total. The number of hydrogen-bond donors (Lipinski definition) is 2. The van der Waals surface area contributed by atoms with Gasteiger partial charge >= 0.3 is 6.18 Å². The summed E-state index contributed by atoms with van der Waals surface area (Å²) in [6.07, 6.45) is -4.50. The van der Waals surface area contributed by atoms with E-state index in [0.29, 0.717) is 5.69 Å². The monoisotopic (exact) mass is 400 g/mol. The van der Waals surface area contributed by atoms with Crippen LogP contribution in [-0.4, -0.2) is 22.8 Å². The first-order valence-electron chi connectivity index (χ1n) is 7.80. The van der Waals surface area contributed by atoms with Crippen molar-refractivity contribution in [2.24, 2.45) is 0 Å². The molecule has 0 radical (unpaired) electrons. The topological polar surface area (TPSA) is 58.2 Å². The first kappa shape index (κ1) is 20.8. The van der Waals surface area contributed by atoms with Crippen LogP contribution in [0.3, 0.4) is 0 Å². The molecule has 0 heterocycles. The molecule has 0 saturated heterocycles. The van der Waals surface area contributed by atoms with E-state index in [1.54, 1.807) is 6.92 Å². The number of halogens is 4. The summed E-state index contributed by atoms with van der Waals surface area (Å²) in [6, 6.07) is 9.52. The van der Waals surface area contributed by atoms with E-state index in [1.165, 1.54) is 36.4 Å². The summed E-state index contributed by atoms with van der Waals surface area (Å²) in [6.45, 7) is 1.54. The molecule has 0 aliphatic carbocycles. The van der Waals surface area contributed by atoms with Gasteiger partial charge in [0.1, 0.15) is 5.82 Å². The highest BCUT2D eigenvalue weighted by molar-refractivity contribution is 8.01.